The second-order valence-electron chi connectivity index (χ2n) is 4.11. The maximum atomic E-state index is 5.56. The van der Waals surface area contributed by atoms with Gasteiger partial charge in [-0.1, -0.05) is 36.9 Å². The van der Waals surface area contributed by atoms with Crippen molar-refractivity contribution < 1.29 is 4.74 Å². The van der Waals surface area contributed by atoms with Crippen LogP contribution in [0.5, 0.6) is 5.75 Å². The lowest BCUT2D eigenvalue weighted by Crippen LogP contribution is -1.92. The molecule has 0 bridgehead atoms. The van der Waals surface area contributed by atoms with E-state index in [0.29, 0.717) is 12.4 Å². The van der Waals surface area contributed by atoms with Gasteiger partial charge in [-0.05, 0) is 36.8 Å². The SMILES string of the molecule is C=CCOc1ccc(C)cc1N=Nc1ccccc1. The Balaban J connectivity index is 2.25. The number of ether oxygens (including phenoxy) is 1. The number of aryl methyl sites for hydroxylation is 1. The molecule has 0 atom stereocenters. The second kappa shape index (κ2) is 6.50. The van der Waals surface area contributed by atoms with Crippen molar-refractivity contribution in [1.29, 1.82) is 0 Å². The highest BCUT2D eigenvalue weighted by Crippen LogP contribution is 2.30. The Labute approximate surface area is 113 Å². The summed E-state index contributed by atoms with van der Waals surface area (Å²) in [5, 5.41) is 8.46. The van der Waals surface area contributed by atoms with Gasteiger partial charge in [0.2, 0.25) is 0 Å². The van der Waals surface area contributed by atoms with Crippen LogP contribution in [-0.2, 0) is 0 Å². The molecule has 0 aliphatic carbocycles. The average molecular weight is 252 g/mol. The monoisotopic (exact) mass is 252 g/mol. The molecule has 0 aromatic heterocycles. The standard InChI is InChI=1S/C16H16N2O/c1-3-11-19-16-10-9-13(2)12-15(16)18-17-14-7-5-4-6-8-14/h3-10,12H,1,11H2,2H3. The minimum absolute atomic E-state index is 0.455. The molecule has 2 aromatic carbocycles. The zero-order valence-electron chi connectivity index (χ0n) is 10.9. The highest BCUT2D eigenvalue weighted by atomic mass is 16.5. The van der Waals surface area contributed by atoms with Gasteiger partial charge in [-0.15, -0.1) is 5.11 Å². The van der Waals surface area contributed by atoms with Gasteiger partial charge in [0.15, 0.2) is 0 Å². The summed E-state index contributed by atoms with van der Waals surface area (Å²) in [7, 11) is 0. The van der Waals surface area contributed by atoms with Gasteiger partial charge in [0, 0.05) is 0 Å². The van der Waals surface area contributed by atoms with Crippen LogP contribution in [0.2, 0.25) is 0 Å². The quantitative estimate of drug-likeness (QED) is 0.546. The zero-order chi connectivity index (χ0) is 13.5. The molecule has 19 heavy (non-hydrogen) atoms. The van der Waals surface area contributed by atoms with Gasteiger partial charge in [-0.25, -0.2) is 0 Å². The molecule has 0 aliphatic heterocycles. The van der Waals surface area contributed by atoms with Crippen molar-refractivity contribution in [3.05, 3.63) is 66.7 Å². The summed E-state index contributed by atoms with van der Waals surface area (Å²) in [5.74, 6) is 0.713. The van der Waals surface area contributed by atoms with Crippen molar-refractivity contribution in [1.82, 2.24) is 0 Å². The predicted molar refractivity (Wildman–Crippen MR) is 77.5 cm³/mol. The molecule has 0 aliphatic rings. The molecule has 2 rings (SSSR count). The highest BCUT2D eigenvalue weighted by molar-refractivity contribution is 5.53. The number of nitrogens with zero attached hydrogens (tertiary/aromatic N) is 2. The van der Waals surface area contributed by atoms with Crippen LogP contribution in [-0.4, -0.2) is 6.61 Å². The van der Waals surface area contributed by atoms with E-state index >= 15 is 0 Å². The Morgan fingerprint density at radius 3 is 2.63 bits per heavy atom. The van der Waals surface area contributed by atoms with Crippen LogP contribution in [0.4, 0.5) is 11.4 Å². The van der Waals surface area contributed by atoms with Crippen LogP contribution in [0.25, 0.3) is 0 Å². The van der Waals surface area contributed by atoms with Crippen LogP contribution in [0, 0.1) is 6.92 Å². The van der Waals surface area contributed by atoms with Gasteiger partial charge < -0.3 is 4.74 Å². The largest absolute Gasteiger partial charge is 0.487 e. The highest BCUT2D eigenvalue weighted by Gasteiger charge is 2.02. The van der Waals surface area contributed by atoms with Crippen molar-refractivity contribution in [2.75, 3.05) is 6.61 Å². The van der Waals surface area contributed by atoms with E-state index in [4.69, 9.17) is 4.74 Å². The topological polar surface area (TPSA) is 34.0 Å². The second-order valence-corrected chi connectivity index (χ2v) is 4.11. The molecular formula is C16H16N2O. The first-order valence-electron chi connectivity index (χ1n) is 6.11. The smallest absolute Gasteiger partial charge is 0.147 e. The normalized spacial score (nSPS) is 10.6. The van der Waals surface area contributed by atoms with Gasteiger partial charge >= 0.3 is 0 Å². The van der Waals surface area contributed by atoms with Gasteiger partial charge in [-0.2, -0.15) is 5.11 Å². The van der Waals surface area contributed by atoms with E-state index in [1.54, 1.807) is 6.08 Å². The Morgan fingerprint density at radius 1 is 1.11 bits per heavy atom. The number of azo groups is 1. The Kier molecular flexibility index (Phi) is 4.45. The molecular weight excluding hydrogens is 236 g/mol. The number of benzene rings is 2. The molecule has 0 radical (unpaired) electrons. The third-order valence-electron chi connectivity index (χ3n) is 2.50. The van der Waals surface area contributed by atoms with E-state index < -0.39 is 0 Å². The van der Waals surface area contributed by atoms with Gasteiger partial charge in [0.1, 0.15) is 18.0 Å². The molecule has 0 saturated heterocycles. The maximum Gasteiger partial charge on any atom is 0.147 e. The molecule has 0 unspecified atom stereocenters. The number of hydrogen-bond donors (Lipinski definition) is 0. The summed E-state index contributed by atoms with van der Waals surface area (Å²) in [4.78, 5) is 0. The third-order valence-corrected chi connectivity index (χ3v) is 2.50. The average Bonchev–Trinajstić information content (AvgIpc) is 2.45. The lowest BCUT2D eigenvalue weighted by atomic mass is 10.2. The first-order valence-corrected chi connectivity index (χ1v) is 6.11. The van der Waals surface area contributed by atoms with Crippen molar-refractivity contribution in [3.63, 3.8) is 0 Å². The summed E-state index contributed by atoms with van der Waals surface area (Å²) < 4.78 is 5.56. The summed E-state index contributed by atoms with van der Waals surface area (Å²) in [5.41, 5.74) is 2.66. The molecule has 0 saturated carbocycles. The fourth-order valence-electron chi connectivity index (χ4n) is 1.58. The fraction of sp³-hybridized carbons (Fsp3) is 0.125. The van der Waals surface area contributed by atoms with E-state index in [1.807, 2.05) is 55.5 Å². The van der Waals surface area contributed by atoms with Crippen molar-refractivity contribution in [2.24, 2.45) is 10.2 Å². The predicted octanol–water partition coefficient (Wildman–Crippen LogP) is 4.98. The summed E-state index contributed by atoms with van der Waals surface area (Å²) in [6.45, 7) is 6.11. The molecule has 3 nitrogen and oxygen atoms in total. The summed E-state index contributed by atoms with van der Waals surface area (Å²) >= 11 is 0. The summed E-state index contributed by atoms with van der Waals surface area (Å²) in [6, 6.07) is 15.5. The van der Waals surface area contributed by atoms with E-state index in [2.05, 4.69) is 16.8 Å². The van der Waals surface area contributed by atoms with Crippen molar-refractivity contribution in [3.8, 4) is 5.75 Å². The lowest BCUT2D eigenvalue weighted by Gasteiger charge is -2.06. The van der Waals surface area contributed by atoms with Crippen molar-refractivity contribution >= 4 is 11.4 Å². The van der Waals surface area contributed by atoms with Gasteiger partial charge in [0.05, 0.1) is 5.69 Å². The molecule has 3 heteroatoms. The van der Waals surface area contributed by atoms with E-state index in [0.717, 1.165) is 16.9 Å². The molecule has 0 heterocycles. The molecule has 0 amide bonds. The Bertz CT molecular complexity index is 577. The minimum Gasteiger partial charge on any atom is -0.487 e. The lowest BCUT2D eigenvalue weighted by molar-refractivity contribution is 0.364. The zero-order valence-corrected chi connectivity index (χ0v) is 10.9. The van der Waals surface area contributed by atoms with E-state index in [1.165, 1.54) is 0 Å². The molecule has 0 fully saturated rings. The first-order chi connectivity index (χ1) is 9.29. The minimum atomic E-state index is 0.455. The van der Waals surface area contributed by atoms with Crippen LogP contribution in [0.15, 0.2) is 71.4 Å². The van der Waals surface area contributed by atoms with E-state index in [9.17, 15) is 0 Å². The molecule has 0 N–H and O–H groups in total. The maximum absolute atomic E-state index is 5.56. The van der Waals surface area contributed by atoms with Crippen LogP contribution in [0.1, 0.15) is 5.56 Å². The molecule has 96 valence electrons. The van der Waals surface area contributed by atoms with Gasteiger partial charge in [0.25, 0.3) is 0 Å². The number of rotatable bonds is 5. The first kappa shape index (κ1) is 13.0. The van der Waals surface area contributed by atoms with Crippen LogP contribution < -0.4 is 4.74 Å². The Morgan fingerprint density at radius 2 is 1.89 bits per heavy atom. The number of hydrogen-bond acceptors (Lipinski definition) is 3. The van der Waals surface area contributed by atoms with Gasteiger partial charge in [-0.3, -0.25) is 0 Å². The third kappa shape index (κ3) is 3.78. The van der Waals surface area contributed by atoms with E-state index in [-0.39, 0.29) is 0 Å². The van der Waals surface area contributed by atoms with Crippen LogP contribution in [0.3, 0.4) is 0 Å². The molecule has 2 aromatic rings. The Hall–Kier alpha value is -2.42. The van der Waals surface area contributed by atoms with Crippen molar-refractivity contribution in [2.45, 2.75) is 6.92 Å². The fourth-order valence-corrected chi connectivity index (χ4v) is 1.58. The van der Waals surface area contributed by atoms with Crippen LogP contribution >= 0.6 is 0 Å². The molecule has 0 spiro atoms. The summed E-state index contributed by atoms with van der Waals surface area (Å²) in [6.07, 6.45) is 1.71.